The van der Waals surface area contributed by atoms with Crippen molar-refractivity contribution < 1.29 is 4.79 Å². The minimum Gasteiger partial charge on any atom is -0.385 e. The Kier molecular flexibility index (Phi) is 8.12. The van der Waals surface area contributed by atoms with E-state index in [0.717, 1.165) is 25.2 Å². The predicted molar refractivity (Wildman–Crippen MR) is 208 cm³/mol. The third-order valence-corrected chi connectivity index (χ3v) is 11.6. The number of amides is 1. The first-order valence-corrected chi connectivity index (χ1v) is 18.4. The Morgan fingerprint density at radius 3 is 1.33 bits per heavy atom. The van der Waals surface area contributed by atoms with E-state index in [1.807, 2.05) is 0 Å². The summed E-state index contributed by atoms with van der Waals surface area (Å²) in [4.78, 5) is 25.8. The second kappa shape index (κ2) is 11.4. The summed E-state index contributed by atoms with van der Waals surface area (Å²) in [5, 5.41) is 0. The van der Waals surface area contributed by atoms with E-state index in [2.05, 4.69) is 154 Å². The van der Waals surface area contributed by atoms with Crippen LogP contribution in [0.2, 0.25) is 0 Å². The van der Waals surface area contributed by atoms with Gasteiger partial charge in [-0.3, -0.25) is 4.79 Å². The molecule has 0 atom stereocenters. The number of thiophene rings is 2. The van der Waals surface area contributed by atoms with Crippen molar-refractivity contribution in [1.29, 1.82) is 0 Å². The standard InChI is InChI=1S/C42H49N3OS2/c1-39(2,3)25-17-23(18-26(21-25)40(4,5)6)29-13-15-31(47-29)35-33-34(38(46)45-35)36(44-37(33)43)32-16-14-30(48-32)24-19-27(41(7,8)9)22-28(20-24)42(10,11)12/h13-22,44H,43H2,1-12H3. The molecule has 4 nitrogen and oxygen atoms in total. The molecule has 0 unspecified atom stereocenters. The molecular formula is C42H49N3OS2. The Labute approximate surface area is 294 Å². The van der Waals surface area contributed by atoms with Gasteiger partial charge in [-0.25, -0.2) is 4.99 Å². The Bertz CT molecular complexity index is 2020. The second-order valence-corrected chi connectivity index (χ2v) is 19.5. The van der Waals surface area contributed by atoms with E-state index in [9.17, 15) is 4.79 Å². The number of rotatable bonds is 4. The van der Waals surface area contributed by atoms with E-state index in [1.54, 1.807) is 22.7 Å². The van der Waals surface area contributed by atoms with Crippen LogP contribution in [0.3, 0.4) is 0 Å². The topological polar surface area (TPSA) is 71.2 Å². The van der Waals surface area contributed by atoms with Crippen LogP contribution in [0.15, 0.2) is 65.7 Å². The summed E-state index contributed by atoms with van der Waals surface area (Å²) in [6.45, 7) is 27.1. The Morgan fingerprint density at radius 2 is 0.917 bits per heavy atom. The zero-order valence-electron chi connectivity index (χ0n) is 30.5. The first kappa shape index (κ1) is 34.1. The maximum Gasteiger partial charge on any atom is 0.280 e. The van der Waals surface area contributed by atoms with Gasteiger partial charge in [-0.2, -0.15) is 0 Å². The average molecular weight is 676 g/mol. The van der Waals surface area contributed by atoms with Crippen molar-refractivity contribution in [2.24, 2.45) is 4.99 Å². The third kappa shape index (κ3) is 6.37. The van der Waals surface area contributed by atoms with Crippen LogP contribution in [0.4, 0.5) is 5.82 Å². The predicted octanol–water partition coefficient (Wildman–Crippen LogP) is 11.9. The minimum absolute atomic E-state index is 0.0227. The molecule has 5 aromatic rings. The van der Waals surface area contributed by atoms with Gasteiger partial charge in [-0.05, 0) is 104 Å². The summed E-state index contributed by atoms with van der Waals surface area (Å²) in [5.74, 6) is 0.228. The smallest absolute Gasteiger partial charge is 0.280 e. The molecule has 2 aromatic carbocycles. The van der Waals surface area contributed by atoms with Crippen LogP contribution in [0.1, 0.15) is 126 Å². The number of nitrogens with one attached hydrogen (secondary N) is 1. The summed E-state index contributed by atoms with van der Waals surface area (Å²) in [6.07, 6.45) is 0. The molecule has 0 saturated carbocycles. The molecule has 6 heteroatoms. The van der Waals surface area contributed by atoms with Crippen molar-refractivity contribution in [3.8, 4) is 31.5 Å². The Hall–Kier alpha value is -3.74. The molecule has 0 saturated heterocycles. The first-order chi connectivity index (χ1) is 22.1. The number of anilines is 1. The van der Waals surface area contributed by atoms with Crippen LogP contribution in [0.5, 0.6) is 0 Å². The quantitative estimate of drug-likeness (QED) is 0.199. The van der Waals surface area contributed by atoms with Gasteiger partial charge in [0.2, 0.25) is 0 Å². The molecule has 0 aliphatic carbocycles. The lowest BCUT2D eigenvalue weighted by Crippen LogP contribution is -2.16. The van der Waals surface area contributed by atoms with Crippen molar-refractivity contribution in [2.45, 2.75) is 105 Å². The largest absolute Gasteiger partial charge is 0.385 e. The number of aromatic nitrogens is 1. The van der Waals surface area contributed by atoms with Crippen molar-refractivity contribution in [3.05, 3.63) is 98.9 Å². The van der Waals surface area contributed by atoms with Gasteiger partial charge in [0.1, 0.15) is 5.82 Å². The third-order valence-electron chi connectivity index (χ3n) is 9.28. The van der Waals surface area contributed by atoms with E-state index in [0.29, 0.717) is 22.7 Å². The summed E-state index contributed by atoms with van der Waals surface area (Å²) >= 11 is 3.34. The molecule has 1 aliphatic heterocycles. The maximum atomic E-state index is 13.6. The minimum atomic E-state index is -0.248. The highest BCUT2D eigenvalue weighted by Gasteiger charge is 2.34. The van der Waals surface area contributed by atoms with Gasteiger partial charge < -0.3 is 10.7 Å². The normalized spacial score (nSPS) is 14.1. The molecule has 0 spiro atoms. The fourth-order valence-electron chi connectivity index (χ4n) is 6.08. The van der Waals surface area contributed by atoms with Crippen LogP contribution < -0.4 is 5.73 Å². The zero-order chi connectivity index (χ0) is 35.1. The monoisotopic (exact) mass is 675 g/mol. The number of nitrogens with zero attached hydrogens (tertiary/aromatic N) is 1. The lowest BCUT2D eigenvalue weighted by Gasteiger charge is -2.26. The fraction of sp³-hybridized carbons (Fsp3) is 0.381. The highest BCUT2D eigenvalue weighted by molar-refractivity contribution is 7.19. The number of carbonyl (C=O) groups excluding carboxylic acids is 1. The molecule has 3 aromatic heterocycles. The van der Waals surface area contributed by atoms with Gasteiger partial charge in [0, 0.05) is 9.75 Å². The van der Waals surface area contributed by atoms with Crippen LogP contribution in [0.25, 0.3) is 31.5 Å². The van der Waals surface area contributed by atoms with Crippen molar-refractivity contribution in [1.82, 2.24) is 4.98 Å². The number of aromatic amines is 1. The molecule has 1 aliphatic rings. The van der Waals surface area contributed by atoms with Gasteiger partial charge in [0.25, 0.3) is 5.91 Å². The van der Waals surface area contributed by atoms with Gasteiger partial charge in [0.05, 0.1) is 32.3 Å². The zero-order valence-corrected chi connectivity index (χ0v) is 32.2. The summed E-state index contributed by atoms with van der Waals surface area (Å²) in [7, 11) is 0. The van der Waals surface area contributed by atoms with E-state index in [4.69, 9.17) is 5.73 Å². The molecule has 4 heterocycles. The number of aliphatic imine (C=N–C) groups is 1. The molecule has 48 heavy (non-hydrogen) atoms. The van der Waals surface area contributed by atoms with E-state index in [-0.39, 0.29) is 27.6 Å². The van der Waals surface area contributed by atoms with Gasteiger partial charge in [0.15, 0.2) is 0 Å². The molecule has 3 N–H and O–H groups in total. The van der Waals surface area contributed by atoms with E-state index in [1.165, 1.54) is 33.4 Å². The lowest BCUT2D eigenvalue weighted by atomic mass is 9.79. The van der Waals surface area contributed by atoms with Crippen LogP contribution in [-0.2, 0) is 21.7 Å². The maximum absolute atomic E-state index is 13.6. The number of nitrogens with two attached hydrogens (primary N) is 1. The van der Waals surface area contributed by atoms with E-state index < -0.39 is 0 Å². The summed E-state index contributed by atoms with van der Waals surface area (Å²) in [6, 6.07) is 22.4. The van der Waals surface area contributed by atoms with Gasteiger partial charge in [-0.1, -0.05) is 95.2 Å². The van der Waals surface area contributed by atoms with Crippen molar-refractivity contribution in [2.75, 3.05) is 5.73 Å². The number of benzene rings is 2. The molecule has 0 radical (unpaired) electrons. The number of hydrogen-bond acceptors (Lipinski definition) is 4. The highest BCUT2D eigenvalue weighted by atomic mass is 32.1. The molecular weight excluding hydrogens is 627 g/mol. The average Bonchev–Trinajstić information content (AvgIpc) is 3.77. The number of carbonyl (C=O) groups is 1. The Balaban J connectivity index is 1.37. The van der Waals surface area contributed by atoms with Crippen LogP contribution >= 0.6 is 22.7 Å². The number of nitrogen functional groups attached to an aromatic ring is 1. The number of fused-ring (bicyclic) bond motifs is 1. The van der Waals surface area contributed by atoms with E-state index >= 15 is 0 Å². The summed E-state index contributed by atoms with van der Waals surface area (Å²) in [5.41, 5.74) is 17.0. The fourth-order valence-corrected chi connectivity index (χ4v) is 8.06. The summed E-state index contributed by atoms with van der Waals surface area (Å²) < 4.78 is 0. The highest BCUT2D eigenvalue weighted by Crippen LogP contribution is 2.44. The van der Waals surface area contributed by atoms with Crippen LogP contribution in [0, 0.1) is 0 Å². The molecule has 250 valence electrons. The molecule has 0 bridgehead atoms. The SMILES string of the molecule is CC(C)(C)c1cc(-c2ccc(C3=NC(=O)c4c(-c5ccc(-c6cc(C(C)(C)C)cc(C(C)(C)C)c6)s5)[nH]c(N)c43)s2)cc(C(C)(C)C)c1. The van der Waals surface area contributed by atoms with Gasteiger partial charge >= 0.3 is 0 Å². The molecule has 1 amide bonds. The first-order valence-electron chi connectivity index (χ1n) is 16.8. The molecule has 6 rings (SSSR count). The van der Waals surface area contributed by atoms with Crippen molar-refractivity contribution in [3.63, 3.8) is 0 Å². The Morgan fingerprint density at radius 1 is 0.542 bits per heavy atom. The lowest BCUT2D eigenvalue weighted by molar-refractivity contribution is 0.101. The van der Waals surface area contributed by atoms with Gasteiger partial charge in [-0.15, -0.1) is 22.7 Å². The molecule has 0 fully saturated rings. The van der Waals surface area contributed by atoms with Crippen molar-refractivity contribution >= 4 is 40.1 Å². The van der Waals surface area contributed by atoms with Crippen LogP contribution in [-0.4, -0.2) is 16.6 Å². The second-order valence-electron chi connectivity index (χ2n) is 17.4. The number of hydrogen-bond donors (Lipinski definition) is 2. The number of H-pyrrole nitrogens is 1.